The normalized spacial score (nSPS) is 12.0. The van der Waals surface area contributed by atoms with Crippen molar-refractivity contribution < 1.29 is 9.53 Å². The van der Waals surface area contributed by atoms with Crippen molar-refractivity contribution >= 4 is 17.2 Å². The molecule has 152 valence electrons. The largest absolute Gasteiger partial charge is 0.462 e. The Morgan fingerprint density at radius 3 is 2.37 bits per heavy atom. The topological polar surface area (TPSA) is 42.7 Å². The zero-order valence-electron chi connectivity index (χ0n) is 17.6. The number of esters is 1. The van der Waals surface area contributed by atoms with Crippen molar-refractivity contribution in [2.75, 3.05) is 11.9 Å². The van der Waals surface area contributed by atoms with E-state index in [1.807, 2.05) is 55.6 Å². The molecule has 2 aromatic carbocycles. The Labute approximate surface area is 177 Å². The van der Waals surface area contributed by atoms with Crippen molar-refractivity contribution in [1.82, 2.24) is 4.40 Å². The highest BCUT2D eigenvalue weighted by Gasteiger charge is 2.23. The predicted octanol–water partition coefficient (Wildman–Crippen LogP) is 5.93. The van der Waals surface area contributed by atoms with Crippen LogP contribution in [0.15, 0.2) is 79.0 Å². The van der Waals surface area contributed by atoms with Gasteiger partial charge in [0.05, 0.1) is 29.4 Å². The Hall–Kier alpha value is -3.53. The second kappa shape index (κ2) is 8.46. The van der Waals surface area contributed by atoms with Crippen LogP contribution < -0.4 is 5.32 Å². The molecule has 0 fully saturated rings. The monoisotopic (exact) mass is 398 g/mol. The van der Waals surface area contributed by atoms with Gasteiger partial charge in [-0.1, -0.05) is 42.5 Å². The van der Waals surface area contributed by atoms with Gasteiger partial charge < -0.3 is 14.5 Å². The first kappa shape index (κ1) is 19.8. The molecule has 4 rings (SSSR count). The third-order valence-electron chi connectivity index (χ3n) is 5.16. The van der Waals surface area contributed by atoms with Crippen molar-refractivity contribution in [3.05, 3.63) is 107 Å². The van der Waals surface area contributed by atoms with Crippen LogP contribution in [-0.2, 0) is 4.74 Å². The molecule has 0 bridgehead atoms. The fourth-order valence-electron chi connectivity index (χ4n) is 3.97. The molecule has 2 aromatic heterocycles. The van der Waals surface area contributed by atoms with Crippen molar-refractivity contribution in [2.24, 2.45) is 0 Å². The number of pyridine rings is 1. The SMILES string of the molecule is CCOC(=O)c1cc(C(Nc2cc(C)cc(C)c2)c2ccccc2)n2ccccc12. The highest BCUT2D eigenvalue weighted by atomic mass is 16.5. The highest BCUT2D eigenvalue weighted by Crippen LogP contribution is 2.31. The summed E-state index contributed by atoms with van der Waals surface area (Å²) in [5.74, 6) is -0.300. The number of aryl methyl sites for hydroxylation is 2. The first-order valence-corrected chi connectivity index (χ1v) is 10.2. The lowest BCUT2D eigenvalue weighted by molar-refractivity contribution is 0.0528. The fourth-order valence-corrected chi connectivity index (χ4v) is 3.97. The Morgan fingerprint density at radius 2 is 1.67 bits per heavy atom. The fraction of sp³-hybridized carbons (Fsp3) is 0.192. The van der Waals surface area contributed by atoms with E-state index in [9.17, 15) is 4.79 Å². The van der Waals surface area contributed by atoms with Crippen LogP contribution in [0.5, 0.6) is 0 Å². The van der Waals surface area contributed by atoms with Gasteiger partial charge in [0, 0.05) is 11.9 Å². The van der Waals surface area contributed by atoms with Gasteiger partial charge in [0.1, 0.15) is 0 Å². The quantitative estimate of drug-likeness (QED) is 0.409. The summed E-state index contributed by atoms with van der Waals surface area (Å²) in [6.45, 7) is 6.37. The maximum absolute atomic E-state index is 12.6. The minimum Gasteiger partial charge on any atom is -0.462 e. The summed E-state index contributed by atoms with van der Waals surface area (Å²) in [5.41, 5.74) is 6.98. The molecule has 1 unspecified atom stereocenters. The average Bonchev–Trinajstić information content (AvgIpc) is 3.12. The molecule has 4 aromatic rings. The second-order valence-electron chi connectivity index (χ2n) is 7.52. The number of ether oxygens (including phenoxy) is 1. The summed E-state index contributed by atoms with van der Waals surface area (Å²) in [7, 11) is 0. The van der Waals surface area contributed by atoms with E-state index in [4.69, 9.17) is 4.74 Å². The molecule has 0 aliphatic carbocycles. The van der Waals surface area contributed by atoms with Gasteiger partial charge >= 0.3 is 5.97 Å². The van der Waals surface area contributed by atoms with E-state index in [0.717, 1.165) is 22.5 Å². The van der Waals surface area contributed by atoms with Gasteiger partial charge in [-0.2, -0.15) is 0 Å². The Bertz CT molecular complexity index is 1160. The summed E-state index contributed by atoms with van der Waals surface area (Å²) in [6.07, 6.45) is 1.99. The number of hydrogen-bond donors (Lipinski definition) is 1. The van der Waals surface area contributed by atoms with Crippen molar-refractivity contribution in [3.63, 3.8) is 0 Å². The van der Waals surface area contributed by atoms with Crippen molar-refractivity contribution in [3.8, 4) is 0 Å². The van der Waals surface area contributed by atoms with Crippen LogP contribution in [0, 0.1) is 13.8 Å². The van der Waals surface area contributed by atoms with E-state index in [1.54, 1.807) is 0 Å². The lowest BCUT2D eigenvalue weighted by Gasteiger charge is -2.21. The molecule has 4 nitrogen and oxygen atoms in total. The highest BCUT2D eigenvalue weighted by molar-refractivity contribution is 5.97. The molecule has 1 atom stereocenters. The van der Waals surface area contributed by atoms with Gasteiger partial charge in [0.25, 0.3) is 0 Å². The maximum Gasteiger partial charge on any atom is 0.340 e. The number of rotatable bonds is 6. The molecule has 0 radical (unpaired) electrons. The van der Waals surface area contributed by atoms with Crippen LogP contribution >= 0.6 is 0 Å². The van der Waals surface area contributed by atoms with Crippen molar-refractivity contribution in [1.29, 1.82) is 0 Å². The number of benzene rings is 2. The number of fused-ring (bicyclic) bond motifs is 1. The Kier molecular flexibility index (Phi) is 5.57. The van der Waals surface area contributed by atoms with Gasteiger partial charge in [-0.25, -0.2) is 4.79 Å². The molecule has 4 heteroatoms. The van der Waals surface area contributed by atoms with E-state index in [1.165, 1.54) is 11.1 Å². The molecule has 0 saturated heterocycles. The second-order valence-corrected chi connectivity index (χ2v) is 7.52. The van der Waals surface area contributed by atoms with Crippen LogP contribution in [0.1, 0.15) is 45.7 Å². The van der Waals surface area contributed by atoms with Crippen LogP contribution in [-0.4, -0.2) is 17.0 Å². The van der Waals surface area contributed by atoms with Crippen LogP contribution in [0.2, 0.25) is 0 Å². The molecule has 0 amide bonds. The summed E-state index contributed by atoms with van der Waals surface area (Å²) in [4.78, 5) is 12.6. The lowest BCUT2D eigenvalue weighted by Crippen LogP contribution is -2.14. The number of nitrogens with zero attached hydrogens (tertiary/aromatic N) is 1. The molecular formula is C26H26N2O2. The van der Waals surface area contributed by atoms with Crippen LogP contribution in [0.3, 0.4) is 0 Å². The average molecular weight is 399 g/mol. The summed E-state index contributed by atoms with van der Waals surface area (Å²) >= 11 is 0. The first-order valence-electron chi connectivity index (χ1n) is 10.2. The van der Waals surface area contributed by atoms with Crippen LogP contribution in [0.4, 0.5) is 5.69 Å². The van der Waals surface area contributed by atoms with E-state index in [-0.39, 0.29) is 12.0 Å². The summed E-state index contributed by atoms with van der Waals surface area (Å²) < 4.78 is 7.38. The number of hydrogen-bond acceptors (Lipinski definition) is 3. The van der Waals surface area contributed by atoms with Crippen molar-refractivity contribution in [2.45, 2.75) is 26.8 Å². The third-order valence-corrected chi connectivity index (χ3v) is 5.16. The molecule has 30 heavy (non-hydrogen) atoms. The number of aromatic nitrogens is 1. The molecule has 2 heterocycles. The molecule has 0 saturated carbocycles. The molecule has 0 spiro atoms. The van der Waals surface area contributed by atoms with Gasteiger partial charge in [-0.3, -0.25) is 0 Å². The third kappa shape index (κ3) is 3.94. The molecule has 1 N–H and O–H groups in total. The molecule has 0 aliphatic rings. The number of carbonyl (C=O) groups is 1. The predicted molar refractivity (Wildman–Crippen MR) is 121 cm³/mol. The first-order chi connectivity index (χ1) is 14.6. The van der Waals surface area contributed by atoms with E-state index in [2.05, 4.69) is 53.9 Å². The van der Waals surface area contributed by atoms with E-state index >= 15 is 0 Å². The standard InChI is InChI=1S/C26H26N2O2/c1-4-30-26(29)22-17-24(28-13-9-8-12-23(22)28)25(20-10-6-5-7-11-20)27-21-15-18(2)14-19(3)16-21/h5-17,25,27H,4H2,1-3H3. The maximum atomic E-state index is 12.6. The number of carbonyl (C=O) groups excluding carboxylic acids is 1. The summed E-state index contributed by atoms with van der Waals surface area (Å²) in [6, 6.07) is 24.4. The Morgan fingerprint density at radius 1 is 0.967 bits per heavy atom. The zero-order valence-corrected chi connectivity index (χ0v) is 17.6. The Balaban J connectivity index is 1.87. The van der Waals surface area contributed by atoms with E-state index in [0.29, 0.717) is 12.2 Å². The van der Waals surface area contributed by atoms with Gasteiger partial charge in [-0.05, 0) is 67.8 Å². The smallest absolute Gasteiger partial charge is 0.340 e. The molecular weight excluding hydrogens is 372 g/mol. The van der Waals surface area contributed by atoms with Gasteiger partial charge in [-0.15, -0.1) is 0 Å². The zero-order chi connectivity index (χ0) is 21.1. The molecule has 0 aliphatic heterocycles. The van der Waals surface area contributed by atoms with Gasteiger partial charge in [0.2, 0.25) is 0 Å². The minimum absolute atomic E-state index is 0.134. The number of nitrogens with one attached hydrogen (secondary N) is 1. The summed E-state index contributed by atoms with van der Waals surface area (Å²) in [5, 5.41) is 3.70. The minimum atomic E-state index is -0.300. The van der Waals surface area contributed by atoms with Gasteiger partial charge in [0.15, 0.2) is 0 Å². The van der Waals surface area contributed by atoms with E-state index < -0.39 is 0 Å². The van der Waals surface area contributed by atoms with Crippen LogP contribution in [0.25, 0.3) is 5.52 Å². The lowest BCUT2D eigenvalue weighted by atomic mass is 10.0. The number of anilines is 1.